The fourth-order valence-corrected chi connectivity index (χ4v) is 3.54. The zero-order valence-corrected chi connectivity index (χ0v) is 10.7. The van der Waals surface area contributed by atoms with Crippen molar-refractivity contribution >= 4 is 17.7 Å². The SMILES string of the molecule is CO[C@H]1CNCC1NC(=O)C1(C)CCCS1. The van der Waals surface area contributed by atoms with Gasteiger partial charge in [-0.15, -0.1) is 11.8 Å². The highest BCUT2D eigenvalue weighted by atomic mass is 32.2. The predicted molar refractivity (Wildman–Crippen MR) is 65.7 cm³/mol. The highest BCUT2D eigenvalue weighted by Gasteiger charge is 2.39. The molecule has 92 valence electrons. The summed E-state index contributed by atoms with van der Waals surface area (Å²) in [6, 6.07) is 0.121. The molecular weight excluding hydrogens is 224 g/mol. The fraction of sp³-hybridized carbons (Fsp3) is 0.909. The molecule has 2 saturated heterocycles. The molecule has 2 unspecified atom stereocenters. The van der Waals surface area contributed by atoms with Crippen LogP contribution in [0.25, 0.3) is 0 Å². The third-order valence-corrected chi connectivity index (χ3v) is 5.00. The Balaban J connectivity index is 1.91. The van der Waals surface area contributed by atoms with Gasteiger partial charge in [-0.3, -0.25) is 4.79 Å². The summed E-state index contributed by atoms with van der Waals surface area (Å²) in [5.74, 6) is 1.27. The average Bonchev–Trinajstić information content (AvgIpc) is 2.87. The molecular formula is C11H20N2O2S. The van der Waals surface area contributed by atoms with Crippen molar-refractivity contribution in [3.05, 3.63) is 0 Å². The summed E-state index contributed by atoms with van der Waals surface area (Å²) in [6.45, 7) is 3.68. The minimum atomic E-state index is -0.221. The molecule has 1 amide bonds. The molecule has 2 heterocycles. The van der Waals surface area contributed by atoms with E-state index in [9.17, 15) is 4.79 Å². The molecule has 2 aliphatic heterocycles. The van der Waals surface area contributed by atoms with Crippen LogP contribution in [0.1, 0.15) is 19.8 Å². The molecule has 4 nitrogen and oxygen atoms in total. The first-order valence-electron chi connectivity index (χ1n) is 5.84. The molecule has 0 spiro atoms. The normalized spacial score (nSPS) is 38.9. The number of nitrogens with one attached hydrogen (secondary N) is 2. The van der Waals surface area contributed by atoms with E-state index in [2.05, 4.69) is 10.6 Å². The maximum absolute atomic E-state index is 12.2. The number of rotatable bonds is 3. The summed E-state index contributed by atoms with van der Waals surface area (Å²) in [5.41, 5.74) is 0. The summed E-state index contributed by atoms with van der Waals surface area (Å²) in [4.78, 5) is 12.2. The molecule has 3 atom stereocenters. The third kappa shape index (κ3) is 2.36. The average molecular weight is 244 g/mol. The zero-order valence-electron chi connectivity index (χ0n) is 9.91. The number of thioether (sulfide) groups is 1. The number of amides is 1. The molecule has 2 fully saturated rings. The van der Waals surface area contributed by atoms with Gasteiger partial charge in [-0.05, 0) is 25.5 Å². The van der Waals surface area contributed by atoms with Crippen molar-refractivity contribution in [2.45, 2.75) is 36.7 Å². The molecule has 0 aromatic carbocycles. The molecule has 5 heteroatoms. The van der Waals surface area contributed by atoms with E-state index in [0.717, 1.165) is 31.7 Å². The maximum Gasteiger partial charge on any atom is 0.236 e. The quantitative estimate of drug-likeness (QED) is 0.753. The Labute approximate surface area is 101 Å². The van der Waals surface area contributed by atoms with Gasteiger partial charge in [0.1, 0.15) is 0 Å². The summed E-state index contributed by atoms with van der Waals surface area (Å²) >= 11 is 1.77. The number of hydrogen-bond donors (Lipinski definition) is 2. The highest BCUT2D eigenvalue weighted by molar-refractivity contribution is 8.01. The predicted octanol–water partition coefficient (Wildman–Crippen LogP) is 0.375. The number of carbonyl (C=O) groups is 1. The number of hydrogen-bond acceptors (Lipinski definition) is 4. The lowest BCUT2D eigenvalue weighted by atomic mass is 10.0. The molecule has 0 aromatic heterocycles. The van der Waals surface area contributed by atoms with E-state index in [4.69, 9.17) is 4.74 Å². The molecule has 0 aromatic rings. The van der Waals surface area contributed by atoms with Crippen LogP contribution in [0.5, 0.6) is 0 Å². The van der Waals surface area contributed by atoms with E-state index in [1.54, 1.807) is 18.9 Å². The Morgan fingerprint density at radius 2 is 2.38 bits per heavy atom. The number of carbonyl (C=O) groups excluding carboxylic acids is 1. The van der Waals surface area contributed by atoms with Crippen LogP contribution in [-0.2, 0) is 9.53 Å². The Morgan fingerprint density at radius 3 is 3.00 bits per heavy atom. The lowest BCUT2D eigenvalue weighted by Gasteiger charge is -2.26. The largest absolute Gasteiger partial charge is 0.378 e. The van der Waals surface area contributed by atoms with Gasteiger partial charge in [-0.25, -0.2) is 0 Å². The molecule has 0 bridgehead atoms. The smallest absolute Gasteiger partial charge is 0.236 e. The van der Waals surface area contributed by atoms with Crippen molar-refractivity contribution in [1.29, 1.82) is 0 Å². The van der Waals surface area contributed by atoms with Crippen molar-refractivity contribution in [2.75, 3.05) is 26.0 Å². The summed E-state index contributed by atoms with van der Waals surface area (Å²) in [7, 11) is 1.70. The van der Waals surface area contributed by atoms with Crippen molar-refractivity contribution in [2.24, 2.45) is 0 Å². The number of methoxy groups -OCH3 is 1. The van der Waals surface area contributed by atoms with Gasteiger partial charge in [0.25, 0.3) is 0 Å². The monoisotopic (exact) mass is 244 g/mol. The first-order valence-corrected chi connectivity index (χ1v) is 6.83. The highest BCUT2D eigenvalue weighted by Crippen LogP contribution is 2.37. The maximum atomic E-state index is 12.2. The molecule has 0 radical (unpaired) electrons. The van der Waals surface area contributed by atoms with Gasteiger partial charge in [0.05, 0.1) is 16.9 Å². The van der Waals surface area contributed by atoms with Crippen LogP contribution in [0.4, 0.5) is 0 Å². The second-order valence-electron chi connectivity index (χ2n) is 4.70. The first kappa shape index (κ1) is 12.2. The zero-order chi connectivity index (χ0) is 11.6. The van der Waals surface area contributed by atoms with Crippen LogP contribution < -0.4 is 10.6 Å². The summed E-state index contributed by atoms with van der Waals surface area (Å²) in [6.07, 6.45) is 2.24. The third-order valence-electron chi connectivity index (χ3n) is 3.48. The molecule has 2 aliphatic rings. The Morgan fingerprint density at radius 1 is 1.56 bits per heavy atom. The Kier molecular flexibility index (Phi) is 3.77. The number of ether oxygens (including phenoxy) is 1. The fourth-order valence-electron chi connectivity index (χ4n) is 2.33. The van der Waals surface area contributed by atoms with Gasteiger partial charge in [-0.1, -0.05) is 0 Å². The summed E-state index contributed by atoms with van der Waals surface area (Å²) < 4.78 is 5.11. The Bertz CT molecular complexity index is 267. The molecule has 2 rings (SSSR count). The lowest BCUT2D eigenvalue weighted by Crippen LogP contribution is -2.50. The van der Waals surface area contributed by atoms with Crippen molar-refractivity contribution in [3.8, 4) is 0 Å². The lowest BCUT2D eigenvalue weighted by molar-refractivity contribution is -0.124. The molecule has 0 aliphatic carbocycles. The molecule has 16 heavy (non-hydrogen) atoms. The van der Waals surface area contributed by atoms with Crippen LogP contribution in [-0.4, -0.2) is 48.8 Å². The second kappa shape index (κ2) is 4.94. The van der Waals surface area contributed by atoms with Crippen LogP contribution in [0.15, 0.2) is 0 Å². The van der Waals surface area contributed by atoms with Crippen LogP contribution >= 0.6 is 11.8 Å². The van der Waals surface area contributed by atoms with Gasteiger partial charge >= 0.3 is 0 Å². The summed E-state index contributed by atoms with van der Waals surface area (Å²) in [5, 5.41) is 6.35. The standard InChI is InChI=1S/C11H20N2O2S/c1-11(4-3-5-16-11)10(14)13-8-6-12-7-9(8)15-2/h8-9,12H,3-7H2,1-2H3,(H,13,14)/t8?,9-,11?/m0/s1. The van der Waals surface area contributed by atoms with Crippen LogP contribution in [0.2, 0.25) is 0 Å². The first-order chi connectivity index (χ1) is 7.65. The Hall–Kier alpha value is -0.260. The minimum absolute atomic E-state index is 0.110. The van der Waals surface area contributed by atoms with E-state index < -0.39 is 0 Å². The van der Waals surface area contributed by atoms with Crippen LogP contribution in [0, 0.1) is 0 Å². The van der Waals surface area contributed by atoms with Crippen molar-refractivity contribution in [1.82, 2.24) is 10.6 Å². The van der Waals surface area contributed by atoms with Gasteiger partial charge in [0.15, 0.2) is 0 Å². The van der Waals surface area contributed by atoms with E-state index in [1.165, 1.54) is 0 Å². The van der Waals surface area contributed by atoms with Gasteiger partial charge < -0.3 is 15.4 Å². The molecule has 2 N–H and O–H groups in total. The van der Waals surface area contributed by atoms with Gasteiger partial charge in [0.2, 0.25) is 5.91 Å². The van der Waals surface area contributed by atoms with Crippen molar-refractivity contribution < 1.29 is 9.53 Å². The van der Waals surface area contributed by atoms with Gasteiger partial charge in [0, 0.05) is 20.2 Å². The van der Waals surface area contributed by atoms with E-state index >= 15 is 0 Å². The van der Waals surface area contributed by atoms with E-state index in [0.29, 0.717) is 0 Å². The topological polar surface area (TPSA) is 50.4 Å². The van der Waals surface area contributed by atoms with Crippen molar-refractivity contribution in [3.63, 3.8) is 0 Å². The van der Waals surface area contributed by atoms with Gasteiger partial charge in [-0.2, -0.15) is 0 Å². The van der Waals surface area contributed by atoms with E-state index in [1.807, 2.05) is 6.92 Å². The minimum Gasteiger partial charge on any atom is -0.378 e. The second-order valence-corrected chi connectivity index (χ2v) is 6.29. The van der Waals surface area contributed by atoms with Crippen LogP contribution in [0.3, 0.4) is 0 Å². The molecule has 0 saturated carbocycles. The van der Waals surface area contributed by atoms with E-state index in [-0.39, 0.29) is 22.8 Å².